The predicted molar refractivity (Wildman–Crippen MR) is 130 cm³/mol. The summed E-state index contributed by atoms with van der Waals surface area (Å²) in [7, 11) is 0. The number of hydrogen-bond donors (Lipinski definition) is 5. The number of aliphatic carboxylic acids is 1. The summed E-state index contributed by atoms with van der Waals surface area (Å²) < 4.78 is 33.1. The van der Waals surface area contributed by atoms with Crippen molar-refractivity contribution in [3.8, 4) is 5.69 Å². The Morgan fingerprint density at radius 2 is 1.86 bits per heavy atom. The Hall–Kier alpha value is -4.13. The van der Waals surface area contributed by atoms with Crippen LogP contribution < -0.4 is 21.6 Å². The highest BCUT2D eigenvalue weighted by molar-refractivity contribution is 5.81. The van der Waals surface area contributed by atoms with Crippen LogP contribution in [0.15, 0.2) is 53.3 Å². The van der Waals surface area contributed by atoms with Crippen molar-refractivity contribution in [2.45, 2.75) is 44.9 Å². The Morgan fingerprint density at radius 1 is 1.16 bits per heavy atom. The lowest BCUT2D eigenvalue weighted by atomic mass is 10.1. The standard InChI is InChI=1S/C22H26N6O2.C2HF3O2/c1-15-5-4-6-18(13-15)28-22(30)26-21(27-28)25-17-10-8-16(9-11-17)14-24-19-7-2-3-12-23-20(19)29;3-2(4,5)1(6)7/h4-6,8-11,13,19,24H,2-3,7,12,14H2,1H3,(H,23,29)(H2,25,26,27,30);(H,6,7). The topological polar surface area (TPSA) is 141 Å². The first kappa shape index (κ1) is 27.5. The lowest BCUT2D eigenvalue weighted by molar-refractivity contribution is -0.192. The van der Waals surface area contributed by atoms with Gasteiger partial charge < -0.3 is 21.1 Å². The summed E-state index contributed by atoms with van der Waals surface area (Å²) in [6.07, 6.45) is -2.14. The largest absolute Gasteiger partial charge is 0.490 e. The zero-order valence-corrected chi connectivity index (χ0v) is 19.9. The van der Waals surface area contributed by atoms with Crippen molar-refractivity contribution in [2.75, 3.05) is 11.9 Å². The molecule has 0 radical (unpaired) electrons. The van der Waals surface area contributed by atoms with Crippen molar-refractivity contribution in [3.63, 3.8) is 0 Å². The van der Waals surface area contributed by atoms with Gasteiger partial charge in [0.05, 0.1) is 11.7 Å². The molecule has 5 N–H and O–H groups in total. The quantitative estimate of drug-likeness (QED) is 0.337. The van der Waals surface area contributed by atoms with Crippen LogP contribution in [0.1, 0.15) is 30.4 Å². The van der Waals surface area contributed by atoms with E-state index in [4.69, 9.17) is 9.90 Å². The summed E-state index contributed by atoms with van der Waals surface area (Å²) in [5.41, 5.74) is 3.37. The third-order valence-corrected chi connectivity index (χ3v) is 5.41. The van der Waals surface area contributed by atoms with Crippen LogP contribution in [-0.2, 0) is 16.1 Å². The van der Waals surface area contributed by atoms with Gasteiger partial charge in [0.25, 0.3) is 0 Å². The molecule has 1 unspecified atom stereocenters. The average molecular weight is 521 g/mol. The van der Waals surface area contributed by atoms with Gasteiger partial charge in [-0.3, -0.25) is 9.78 Å². The van der Waals surface area contributed by atoms with Gasteiger partial charge in [0.2, 0.25) is 11.9 Å². The molecule has 1 amide bonds. The van der Waals surface area contributed by atoms with Crippen LogP contribution in [-0.4, -0.2) is 50.5 Å². The molecular formula is C24H27F3N6O4. The number of alkyl halides is 3. The number of aryl methyl sites for hydroxylation is 1. The number of carboxylic acids is 1. The molecule has 3 aromatic rings. The van der Waals surface area contributed by atoms with Crippen LogP contribution in [0.3, 0.4) is 0 Å². The van der Waals surface area contributed by atoms with Crippen LogP contribution in [0.4, 0.5) is 24.8 Å². The third-order valence-electron chi connectivity index (χ3n) is 5.41. The van der Waals surface area contributed by atoms with Gasteiger partial charge in [0.1, 0.15) is 0 Å². The summed E-state index contributed by atoms with van der Waals surface area (Å²) in [5, 5.41) is 20.9. The van der Waals surface area contributed by atoms with E-state index in [2.05, 4.69) is 26.0 Å². The number of H-pyrrole nitrogens is 1. The summed E-state index contributed by atoms with van der Waals surface area (Å²) in [6.45, 7) is 3.36. The van der Waals surface area contributed by atoms with Crippen LogP contribution in [0.2, 0.25) is 0 Å². The number of rotatable bonds is 6. The second-order valence-electron chi connectivity index (χ2n) is 8.37. The second-order valence-corrected chi connectivity index (χ2v) is 8.37. The Balaban J connectivity index is 0.000000479. The monoisotopic (exact) mass is 520 g/mol. The number of carboxylic acid groups (broad SMARTS) is 1. The van der Waals surface area contributed by atoms with Crippen molar-refractivity contribution >= 4 is 23.5 Å². The third kappa shape index (κ3) is 8.20. The number of aromatic amines is 1. The molecule has 1 aliphatic rings. The molecule has 0 spiro atoms. The van der Waals surface area contributed by atoms with Gasteiger partial charge in [-0.2, -0.15) is 17.9 Å². The van der Waals surface area contributed by atoms with Crippen molar-refractivity contribution in [2.24, 2.45) is 0 Å². The van der Waals surface area contributed by atoms with E-state index in [1.807, 2.05) is 55.5 Å². The number of nitrogens with one attached hydrogen (secondary N) is 4. The fourth-order valence-electron chi connectivity index (χ4n) is 3.53. The fourth-order valence-corrected chi connectivity index (χ4v) is 3.53. The number of amides is 1. The normalized spacial score (nSPS) is 15.7. The molecule has 0 saturated carbocycles. The van der Waals surface area contributed by atoms with E-state index in [0.29, 0.717) is 18.2 Å². The average Bonchev–Trinajstić information content (AvgIpc) is 3.07. The minimum absolute atomic E-state index is 0.0823. The Bertz CT molecular complexity index is 1270. The van der Waals surface area contributed by atoms with Gasteiger partial charge >= 0.3 is 17.8 Å². The Kier molecular flexibility index (Phi) is 9.06. The number of aromatic nitrogens is 3. The SMILES string of the molecule is Cc1cccc(-n2nc(Nc3ccc(CNC4CCCCNC4=O)cc3)[nH]c2=O)c1.O=C(O)C(F)(F)F. The van der Waals surface area contributed by atoms with E-state index in [-0.39, 0.29) is 17.6 Å². The molecule has 1 saturated heterocycles. The smallest absolute Gasteiger partial charge is 0.475 e. The number of carbonyl (C=O) groups is 2. The molecular weight excluding hydrogens is 493 g/mol. The number of nitrogens with zero attached hydrogens (tertiary/aromatic N) is 2. The molecule has 198 valence electrons. The van der Waals surface area contributed by atoms with Crippen molar-refractivity contribution in [3.05, 3.63) is 70.1 Å². The van der Waals surface area contributed by atoms with E-state index in [1.165, 1.54) is 4.68 Å². The lowest BCUT2D eigenvalue weighted by Crippen LogP contribution is -2.42. The molecule has 0 bridgehead atoms. The molecule has 2 aromatic carbocycles. The molecule has 1 atom stereocenters. The summed E-state index contributed by atoms with van der Waals surface area (Å²) in [6, 6.07) is 15.3. The first-order valence-corrected chi connectivity index (χ1v) is 11.5. The molecule has 37 heavy (non-hydrogen) atoms. The molecule has 4 rings (SSSR count). The Labute approximate surface area is 209 Å². The zero-order valence-electron chi connectivity index (χ0n) is 19.9. The van der Waals surface area contributed by atoms with Gasteiger partial charge in [-0.05, 0) is 61.6 Å². The maximum absolute atomic E-state index is 12.2. The second kappa shape index (κ2) is 12.2. The van der Waals surface area contributed by atoms with Crippen LogP contribution in [0.5, 0.6) is 0 Å². The predicted octanol–water partition coefficient (Wildman–Crippen LogP) is 3.00. The lowest BCUT2D eigenvalue weighted by Gasteiger charge is -2.15. The van der Waals surface area contributed by atoms with Crippen LogP contribution in [0.25, 0.3) is 5.69 Å². The van der Waals surface area contributed by atoms with Crippen LogP contribution >= 0.6 is 0 Å². The molecule has 0 aliphatic carbocycles. The van der Waals surface area contributed by atoms with E-state index in [9.17, 15) is 22.8 Å². The number of benzene rings is 2. The highest BCUT2D eigenvalue weighted by Gasteiger charge is 2.38. The van der Waals surface area contributed by atoms with Crippen molar-refractivity contribution < 1.29 is 27.9 Å². The molecule has 1 aromatic heterocycles. The molecule has 1 aliphatic heterocycles. The van der Waals surface area contributed by atoms with Gasteiger partial charge in [0, 0.05) is 18.8 Å². The van der Waals surface area contributed by atoms with Gasteiger partial charge in [-0.15, -0.1) is 5.10 Å². The highest BCUT2D eigenvalue weighted by Crippen LogP contribution is 2.15. The highest BCUT2D eigenvalue weighted by atomic mass is 19.4. The summed E-state index contributed by atoms with van der Waals surface area (Å²) in [4.78, 5) is 35.9. The maximum Gasteiger partial charge on any atom is 0.490 e. The number of carbonyl (C=O) groups excluding carboxylic acids is 1. The van der Waals surface area contributed by atoms with Gasteiger partial charge in [-0.25, -0.2) is 9.59 Å². The molecule has 13 heteroatoms. The van der Waals surface area contributed by atoms with E-state index < -0.39 is 12.1 Å². The molecule has 10 nitrogen and oxygen atoms in total. The van der Waals surface area contributed by atoms with E-state index in [1.54, 1.807) is 0 Å². The van der Waals surface area contributed by atoms with Gasteiger partial charge in [-0.1, -0.05) is 24.3 Å². The van der Waals surface area contributed by atoms with Gasteiger partial charge in [0.15, 0.2) is 0 Å². The minimum Gasteiger partial charge on any atom is -0.475 e. The summed E-state index contributed by atoms with van der Waals surface area (Å²) in [5.74, 6) is -2.30. The minimum atomic E-state index is -5.08. The maximum atomic E-state index is 12.2. The van der Waals surface area contributed by atoms with Crippen molar-refractivity contribution in [1.82, 2.24) is 25.4 Å². The molecule has 1 fully saturated rings. The van der Waals surface area contributed by atoms with E-state index >= 15 is 0 Å². The Morgan fingerprint density at radius 3 is 2.51 bits per heavy atom. The first-order valence-electron chi connectivity index (χ1n) is 11.5. The number of anilines is 2. The fraction of sp³-hybridized carbons (Fsp3) is 0.333. The molecule has 2 heterocycles. The number of halogens is 3. The first-order chi connectivity index (χ1) is 17.5. The summed E-state index contributed by atoms with van der Waals surface area (Å²) >= 11 is 0. The van der Waals surface area contributed by atoms with Crippen molar-refractivity contribution in [1.29, 1.82) is 0 Å². The zero-order chi connectivity index (χ0) is 27.0. The van der Waals surface area contributed by atoms with E-state index in [0.717, 1.165) is 42.6 Å². The number of hydrogen-bond acceptors (Lipinski definition) is 6. The van der Waals surface area contributed by atoms with Crippen LogP contribution in [0, 0.1) is 6.92 Å².